The van der Waals surface area contributed by atoms with Gasteiger partial charge < -0.3 is 4.57 Å². The summed E-state index contributed by atoms with van der Waals surface area (Å²) in [7, 11) is 0. The first-order valence-corrected chi connectivity index (χ1v) is 4.55. The van der Waals surface area contributed by atoms with E-state index < -0.39 is 0 Å². The molecule has 0 aromatic carbocycles. The minimum absolute atomic E-state index is 0.392. The molecule has 0 amide bonds. The smallest absolute Gasteiger partial charge is 0.145 e. The first kappa shape index (κ1) is 8.51. The predicted molar refractivity (Wildman–Crippen MR) is 52.9 cm³/mol. The van der Waals surface area contributed by atoms with E-state index in [1.165, 1.54) is 6.33 Å². The molecule has 68 valence electrons. The minimum Gasteiger partial charge on any atom is -0.330 e. The molecular weight excluding hydrogens is 186 g/mol. The van der Waals surface area contributed by atoms with Gasteiger partial charge in [-0.15, -0.1) is 0 Å². The van der Waals surface area contributed by atoms with Crippen LogP contribution in [-0.2, 0) is 0 Å². The molecule has 2 aromatic rings. The highest BCUT2D eigenvalue weighted by molar-refractivity contribution is 6.33. The van der Waals surface area contributed by atoms with E-state index in [1.54, 1.807) is 0 Å². The average molecular weight is 196 g/mol. The molecule has 0 spiro atoms. The maximum Gasteiger partial charge on any atom is 0.145 e. The van der Waals surface area contributed by atoms with E-state index in [2.05, 4.69) is 28.4 Å². The largest absolute Gasteiger partial charge is 0.330 e. The zero-order valence-electron chi connectivity index (χ0n) is 7.53. The SMILES string of the molecule is CC(C)n1ccc2c(Cl)ncnc21. The first-order valence-electron chi connectivity index (χ1n) is 4.17. The van der Waals surface area contributed by atoms with Gasteiger partial charge in [0.1, 0.15) is 17.1 Å². The van der Waals surface area contributed by atoms with Gasteiger partial charge in [0.25, 0.3) is 0 Å². The van der Waals surface area contributed by atoms with Crippen LogP contribution in [0.15, 0.2) is 18.6 Å². The summed E-state index contributed by atoms with van der Waals surface area (Å²) in [6.07, 6.45) is 3.47. The maximum absolute atomic E-state index is 5.91. The average Bonchev–Trinajstić information content (AvgIpc) is 2.48. The Kier molecular flexibility index (Phi) is 1.96. The molecule has 0 radical (unpaired) electrons. The van der Waals surface area contributed by atoms with Crippen molar-refractivity contribution in [1.29, 1.82) is 0 Å². The van der Waals surface area contributed by atoms with Gasteiger partial charge in [-0.05, 0) is 19.9 Å². The molecule has 2 aromatic heterocycles. The zero-order chi connectivity index (χ0) is 9.42. The molecule has 0 aliphatic heterocycles. The van der Waals surface area contributed by atoms with Crippen molar-refractivity contribution in [2.24, 2.45) is 0 Å². The van der Waals surface area contributed by atoms with Crippen LogP contribution in [-0.4, -0.2) is 14.5 Å². The molecule has 0 saturated carbocycles. The van der Waals surface area contributed by atoms with Crippen molar-refractivity contribution in [2.45, 2.75) is 19.9 Å². The Hall–Kier alpha value is -1.09. The van der Waals surface area contributed by atoms with E-state index in [0.717, 1.165) is 11.0 Å². The molecule has 0 fully saturated rings. The van der Waals surface area contributed by atoms with Gasteiger partial charge in [-0.3, -0.25) is 0 Å². The summed E-state index contributed by atoms with van der Waals surface area (Å²) in [6.45, 7) is 4.21. The monoisotopic (exact) mass is 195 g/mol. The fourth-order valence-electron chi connectivity index (χ4n) is 1.36. The van der Waals surface area contributed by atoms with Crippen LogP contribution in [0.5, 0.6) is 0 Å². The Labute approximate surface area is 81.4 Å². The van der Waals surface area contributed by atoms with E-state index in [0.29, 0.717) is 11.2 Å². The second-order valence-electron chi connectivity index (χ2n) is 3.22. The van der Waals surface area contributed by atoms with Crippen molar-refractivity contribution in [3.63, 3.8) is 0 Å². The number of rotatable bonds is 1. The van der Waals surface area contributed by atoms with Gasteiger partial charge in [0.2, 0.25) is 0 Å². The predicted octanol–water partition coefficient (Wildman–Crippen LogP) is 2.67. The summed E-state index contributed by atoms with van der Waals surface area (Å²) < 4.78 is 2.07. The number of fused-ring (bicyclic) bond motifs is 1. The Morgan fingerprint density at radius 2 is 2.15 bits per heavy atom. The van der Waals surface area contributed by atoms with Crippen molar-refractivity contribution in [3.8, 4) is 0 Å². The van der Waals surface area contributed by atoms with Crippen molar-refractivity contribution < 1.29 is 0 Å². The summed E-state index contributed by atoms with van der Waals surface area (Å²) >= 11 is 5.91. The molecule has 0 aliphatic carbocycles. The maximum atomic E-state index is 5.91. The number of hydrogen-bond acceptors (Lipinski definition) is 2. The lowest BCUT2D eigenvalue weighted by Crippen LogP contribution is -1.99. The Balaban J connectivity index is 2.75. The van der Waals surface area contributed by atoms with Gasteiger partial charge in [-0.25, -0.2) is 9.97 Å². The summed E-state index contributed by atoms with van der Waals surface area (Å²) in [5.74, 6) is 0. The van der Waals surface area contributed by atoms with E-state index in [9.17, 15) is 0 Å². The van der Waals surface area contributed by atoms with Crippen LogP contribution < -0.4 is 0 Å². The van der Waals surface area contributed by atoms with E-state index in [1.807, 2.05) is 12.3 Å². The topological polar surface area (TPSA) is 30.7 Å². The Morgan fingerprint density at radius 3 is 2.85 bits per heavy atom. The summed E-state index contributed by atoms with van der Waals surface area (Å²) in [5, 5.41) is 1.43. The standard InChI is InChI=1S/C9H10ClN3/c1-6(2)13-4-3-7-8(10)11-5-12-9(7)13/h3-6H,1-2H3. The second kappa shape index (κ2) is 3.00. The van der Waals surface area contributed by atoms with Gasteiger partial charge in [-0.1, -0.05) is 11.6 Å². The van der Waals surface area contributed by atoms with Crippen LogP contribution in [0.4, 0.5) is 0 Å². The lowest BCUT2D eigenvalue weighted by Gasteiger charge is -2.07. The molecule has 0 bridgehead atoms. The van der Waals surface area contributed by atoms with Gasteiger partial charge in [0, 0.05) is 12.2 Å². The van der Waals surface area contributed by atoms with Gasteiger partial charge in [0.05, 0.1) is 5.39 Å². The number of hydrogen-bond donors (Lipinski definition) is 0. The molecule has 2 heterocycles. The number of halogens is 1. The van der Waals surface area contributed by atoms with Crippen molar-refractivity contribution in [1.82, 2.24) is 14.5 Å². The highest BCUT2D eigenvalue weighted by Gasteiger charge is 2.07. The lowest BCUT2D eigenvalue weighted by atomic mass is 10.4. The minimum atomic E-state index is 0.392. The molecule has 0 unspecified atom stereocenters. The second-order valence-corrected chi connectivity index (χ2v) is 3.58. The van der Waals surface area contributed by atoms with Crippen LogP contribution in [0.25, 0.3) is 11.0 Å². The van der Waals surface area contributed by atoms with Crippen LogP contribution in [0.1, 0.15) is 19.9 Å². The quantitative estimate of drug-likeness (QED) is 0.655. The molecule has 0 N–H and O–H groups in total. The summed E-state index contributed by atoms with van der Waals surface area (Å²) in [4.78, 5) is 8.11. The fraction of sp³-hybridized carbons (Fsp3) is 0.333. The van der Waals surface area contributed by atoms with E-state index >= 15 is 0 Å². The lowest BCUT2D eigenvalue weighted by molar-refractivity contribution is 0.617. The number of nitrogens with zero attached hydrogens (tertiary/aromatic N) is 3. The molecule has 0 atom stereocenters. The van der Waals surface area contributed by atoms with E-state index in [4.69, 9.17) is 11.6 Å². The van der Waals surface area contributed by atoms with Gasteiger partial charge >= 0.3 is 0 Å². The highest BCUT2D eigenvalue weighted by atomic mass is 35.5. The van der Waals surface area contributed by atoms with Gasteiger partial charge in [-0.2, -0.15) is 0 Å². The third-order valence-corrected chi connectivity index (χ3v) is 2.32. The van der Waals surface area contributed by atoms with Crippen molar-refractivity contribution >= 4 is 22.6 Å². The van der Waals surface area contributed by atoms with Crippen molar-refractivity contribution in [2.75, 3.05) is 0 Å². The van der Waals surface area contributed by atoms with Gasteiger partial charge in [0.15, 0.2) is 0 Å². The number of aromatic nitrogens is 3. The first-order chi connectivity index (χ1) is 6.20. The summed E-state index contributed by atoms with van der Waals surface area (Å²) in [5.41, 5.74) is 0.898. The zero-order valence-corrected chi connectivity index (χ0v) is 8.28. The van der Waals surface area contributed by atoms with Crippen LogP contribution in [0, 0.1) is 0 Å². The fourth-order valence-corrected chi connectivity index (χ4v) is 1.55. The Bertz CT molecular complexity index is 433. The molecular formula is C9H10ClN3. The van der Waals surface area contributed by atoms with Crippen molar-refractivity contribution in [3.05, 3.63) is 23.7 Å². The normalized spacial score (nSPS) is 11.4. The highest BCUT2D eigenvalue weighted by Crippen LogP contribution is 2.22. The third kappa shape index (κ3) is 1.29. The summed E-state index contributed by atoms with van der Waals surface area (Å²) in [6, 6.07) is 2.33. The molecule has 3 nitrogen and oxygen atoms in total. The van der Waals surface area contributed by atoms with Crippen LogP contribution in [0.2, 0.25) is 5.15 Å². The molecule has 0 saturated heterocycles. The molecule has 4 heteroatoms. The van der Waals surface area contributed by atoms with Crippen LogP contribution in [0.3, 0.4) is 0 Å². The molecule has 0 aliphatic rings. The molecule has 13 heavy (non-hydrogen) atoms. The molecule has 2 rings (SSSR count). The Morgan fingerprint density at radius 1 is 1.38 bits per heavy atom. The van der Waals surface area contributed by atoms with Crippen LogP contribution >= 0.6 is 11.6 Å². The third-order valence-electron chi connectivity index (χ3n) is 2.02. The van der Waals surface area contributed by atoms with E-state index in [-0.39, 0.29) is 0 Å².